The minimum absolute atomic E-state index is 0. The van der Waals surface area contributed by atoms with Crippen LogP contribution >= 0.6 is 35.6 Å². The fourth-order valence-electron chi connectivity index (χ4n) is 2.60. The fraction of sp³-hybridized carbons (Fsp3) is 0.667. The lowest BCUT2D eigenvalue weighted by Gasteiger charge is -2.14. The molecule has 1 aliphatic rings. The molecular weight excluding hydrogens is 540 g/mol. The highest BCUT2D eigenvalue weighted by Gasteiger charge is 2.31. The van der Waals surface area contributed by atoms with Crippen LogP contribution in [0.4, 0.5) is 13.2 Å². The quantitative estimate of drug-likeness (QED) is 0.195. The smallest absolute Gasteiger partial charge is 0.417 e. The highest BCUT2D eigenvalue weighted by Crippen LogP contribution is 2.32. The summed E-state index contributed by atoms with van der Waals surface area (Å²) in [5.41, 5.74) is -0.919. The number of alkyl halides is 3. The summed E-state index contributed by atoms with van der Waals surface area (Å²) in [5, 5.41) is 5.98. The van der Waals surface area contributed by atoms with Crippen LogP contribution in [0, 0.1) is 0 Å². The van der Waals surface area contributed by atoms with Gasteiger partial charge in [0, 0.05) is 33.0 Å². The number of halogens is 5. The van der Waals surface area contributed by atoms with Crippen LogP contribution in [0.2, 0.25) is 5.02 Å². The third kappa shape index (κ3) is 9.84. The Bertz CT molecular complexity index is 662. The van der Waals surface area contributed by atoms with E-state index in [2.05, 4.69) is 20.6 Å². The van der Waals surface area contributed by atoms with Crippen molar-refractivity contribution in [2.24, 2.45) is 4.99 Å². The Balaban J connectivity index is 0.00000450. The first kappa shape index (κ1) is 27.0. The van der Waals surface area contributed by atoms with Crippen molar-refractivity contribution in [1.82, 2.24) is 15.6 Å². The van der Waals surface area contributed by atoms with Crippen molar-refractivity contribution in [2.75, 3.05) is 46.6 Å². The second-order valence-electron chi connectivity index (χ2n) is 6.35. The van der Waals surface area contributed by atoms with Gasteiger partial charge < -0.3 is 24.8 Å². The van der Waals surface area contributed by atoms with Gasteiger partial charge in [-0.15, -0.1) is 24.0 Å². The molecule has 30 heavy (non-hydrogen) atoms. The summed E-state index contributed by atoms with van der Waals surface area (Å²) in [6.45, 7) is 3.29. The van der Waals surface area contributed by atoms with Gasteiger partial charge in [0.2, 0.25) is 5.88 Å². The van der Waals surface area contributed by atoms with E-state index in [0.29, 0.717) is 38.5 Å². The van der Waals surface area contributed by atoms with Crippen LogP contribution in [0.1, 0.15) is 24.8 Å². The molecule has 0 bridgehead atoms. The maximum Gasteiger partial charge on any atom is 0.417 e. The highest BCUT2D eigenvalue weighted by molar-refractivity contribution is 14.0. The first-order chi connectivity index (χ1) is 13.9. The number of aliphatic imine (C=N–C) groups is 1. The fourth-order valence-corrected chi connectivity index (χ4v) is 2.82. The number of aromatic nitrogens is 1. The summed E-state index contributed by atoms with van der Waals surface area (Å²) >= 11 is 5.79. The molecule has 0 amide bonds. The first-order valence-corrected chi connectivity index (χ1v) is 9.77. The number of hydrogen-bond donors (Lipinski definition) is 2. The third-order valence-electron chi connectivity index (χ3n) is 4.08. The Kier molecular flexibility index (Phi) is 12.7. The standard InChI is InChI=1S/C18H26ClF3N4O3.HI/c1-23-17(24-5-3-7-27-12-14-4-2-8-28-14)25-6-9-29-16-15(19)10-13(11-26-16)18(20,21)22;/h10-11,14H,2-9,12H2,1H3,(H2,23,24,25);1H. The van der Waals surface area contributed by atoms with Gasteiger partial charge >= 0.3 is 6.18 Å². The molecule has 0 aromatic carbocycles. The molecule has 172 valence electrons. The predicted molar refractivity (Wildman–Crippen MR) is 119 cm³/mol. The van der Waals surface area contributed by atoms with Gasteiger partial charge in [0.1, 0.15) is 11.6 Å². The largest absolute Gasteiger partial charge is 0.475 e. The van der Waals surface area contributed by atoms with Gasteiger partial charge in [-0.25, -0.2) is 4.98 Å². The van der Waals surface area contributed by atoms with Crippen LogP contribution in [0.5, 0.6) is 5.88 Å². The van der Waals surface area contributed by atoms with Crippen LogP contribution in [-0.4, -0.2) is 63.6 Å². The van der Waals surface area contributed by atoms with E-state index in [-0.39, 0.29) is 47.6 Å². The van der Waals surface area contributed by atoms with Gasteiger partial charge in [-0.2, -0.15) is 13.2 Å². The molecule has 0 spiro atoms. The number of hydrogen-bond acceptors (Lipinski definition) is 5. The zero-order chi connectivity index (χ0) is 21.1. The SMILES string of the molecule is CN=C(NCCCOCC1CCCO1)NCCOc1ncc(C(F)(F)F)cc1Cl.I. The molecule has 2 rings (SSSR count). The van der Waals surface area contributed by atoms with Crippen molar-refractivity contribution >= 4 is 41.5 Å². The lowest BCUT2D eigenvalue weighted by Crippen LogP contribution is -2.40. The maximum absolute atomic E-state index is 12.6. The van der Waals surface area contributed by atoms with E-state index >= 15 is 0 Å². The topological polar surface area (TPSA) is 77.0 Å². The molecule has 0 aliphatic carbocycles. The lowest BCUT2D eigenvalue weighted by molar-refractivity contribution is -0.137. The average molecular weight is 567 g/mol. The van der Waals surface area contributed by atoms with E-state index in [4.69, 9.17) is 25.8 Å². The van der Waals surface area contributed by atoms with Gasteiger partial charge in [0.25, 0.3) is 0 Å². The Labute approximate surface area is 196 Å². The van der Waals surface area contributed by atoms with Gasteiger partial charge in [-0.3, -0.25) is 4.99 Å². The van der Waals surface area contributed by atoms with Crippen molar-refractivity contribution in [3.63, 3.8) is 0 Å². The summed E-state index contributed by atoms with van der Waals surface area (Å²) in [4.78, 5) is 7.70. The monoisotopic (exact) mass is 566 g/mol. The molecule has 1 aliphatic heterocycles. The van der Waals surface area contributed by atoms with E-state index in [1.165, 1.54) is 0 Å². The molecule has 0 radical (unpaired) electrons. The second-order valence-corrected chi connectivity index (χ2v) is 6.75. The minimum atomic E-state index is -4.50. The van der Waals surface area contributed by atoms with Gasteiger partial charge in [0.05, 0.1) is 24.8 Å². The molecule has 1 fully saturated rings. The van der Waals surface area contributed by atoms with E-state index < -0.39 is 11.7 Å². The highest BCUT2D eigenvalue weighted by atomic mass is 127. The number of rotatable bonds is 10. The Hall–Kier alpha value is -1.05. The summed E-state index contributed by atoms with van der Waals surface area (Å²) < 4.78 is 54.2. The second kappa shape index (κ2) is 14.1. The molecule has 1 aromatic rings. The average Bonchev–Trinajstić information content (AvgIpc) is 3.19. The van der Waals surface area contributed by atoms with Crippen molar-refractivity contribution in [3.05, 3.63) is 22.8 Å². The van der Waals surface area contributed by atoms with Crippen LogP contribution in [0.3, 0.4) is 0 Å². The zero-order valence-corrected chi connectivity index (χ0v) is 19.7. The van der Waals surface area contributed by atoms with Crippen LogP contribution in [0.25, 0.3) is 0 Å². The van der Waals surface area contributed by atoms with Gasteiger partial charge in [0.15, 0.2) is 5.96 Å². The Morgan fingerprint density at radius 3 is 2.73 bits per heavy atom. The van der Waals surface area contributed by atoms with Crippen LogP contribution in [0.15, 0.2) is 17.3 Å². The minimum Gasteiger partial charge on any atom is -0.475 e. The van der Waals surface area contributed by atoms with E-state index in [9.17, 15) is 13.2 Å². The molecule has 7 nitrogen and oxygen atoms in total. The molecule has 2 N–H and O–H groups in total. The van der Waals surface area contributed by atoms with E-state index in [1.54, 1.807) is 7.05 Å². The Morgan fingerprint density at radius 1 is 1.33 bits per heavy atom. The van der Waals surface area contributed by atoms with Crippen LogP contribution < -0.4 is 15.4 Å². The molecule has 1 unspecified atom stereocenters. The number of nitrogens with one attached hydrogen (secondary N) is 2. The zero-order valence-electron chi connectivity index (χ0n) is 16.6. The predicted octanol–water partition coefficient (Wildman–Crippen LogP) is 3.50. The Morgan fingerprint density at radius 2 is 2.10 bits per heavy atom. The molecular formula is C18H27ClF3IN4O3. The van der Waals surface area contributed by atoms with Crippen molar-refractivity contribution < 1.29 is 27.4 Å². The molecule has 2 heterocycles. The maximum atomic E-state index is 12.6. The number of ether oxygens (including phenoxy) is 3. The van der Waals surface area contributed by atoms with Crippen molar-refractivity contribution in [1.29, 1.82) is 0 Å². The lowest BCUT2D eigenvalue weighted by atomic mass is 10.2. The summed E-state index contributed by atoms with van der Waals surface area (Å²) in [6, 6.07) is 0.790. The molecule has 12 heteroatoms. The van der Waals surface area contributed by atoms with Crippen molar-refractivity contribution in [2.45, 2.75) is 31.5 Å². The number of pyridine rings is 1. The number of nitrogens with zero attached hydrogens (tertiary/aromatic N) is 2. The third-order valence-corrected chi connectivity index (χ3v) is 4.35. The van der Waals surface area contributed by atoms with Crippen molar-refractivity contribution in [3.8, 4) is 5.88 Å². The summed E-state index contributed by atoms with van der Waals surface area (Å²) in [5.74, 6) is 0.534. The van der Waals surface area contributed by atoms with E-state index in [1.807, 2.05) is 0 Å². The van der Waals surface area contributed by atoms with Crippen LogP contribution in [-0.2, 0) is 15.7 Å². The van der Waals surface area contributed by atoms with Gasteiger partial charge in [-0.05, 0) is 25.3 Å². The summed E-state index contributed by atoms with van der Waals surface area (Å²) in [7, 11) is 1.64. The molecule has 1 saturated heterocycles. The number of guanidine groups is 1. The van der Waals surface area contributed by atoms with E-state index in [0.717, 1.165) is 31.9 Å². The molecule has 0 saturated carbocycles. The molecule has 1 aromatic heterocycles. The van der Waals surface area contributed by atoms with Gasteiger partial charge in [-0.1, -0.05) is 11.6 Å². The normalized spacial score (nSPS) is 16.8. The summed E-state index contributed by atoms with van der Waals surface area (Å²) in [6.07, 6.45) is -0.605. The molecule has 1 atom stereocenters. The first-order valence-electron chi connectivity index (χ1n) is 9.39.